The molecule has 3 aromatic rings. The number of likely N-dealkylation sites (tertiary alicyclic amines) is 1. The largest absolute Gasteiger partial charge is 0.465 e. The van der Waals surface area contributed by atoms with Crippen LogP contribution in [-0.2, 0) is 12.1 Å². The number of aliphatic hydroxyl groups is 1. The molecule has 224 valence electrons. The number of amides is 2. The van der Waals surface area contributed by atoms with Gasteiger partial charge in [0, 0.05) is 43.2 Å². The molecule has 0 aromatic heterocycles. The van der Waals surface area contributed by atoms with Gasteiger partial charge in [-0.1, -0.05) is 62.4 Å². The molecule has 1 aliphatic heterocycles. The Morgan fingerprint density at radius 3 is 2.52 bits per heavy atom. The zero-order valence-corrected chi connectivity index (χ0v) is 24.7. The molecule has 4 N–H and O–H groups in total. The van der Waals surface area contributed by atoms with Gasteiger partial charge in [0.25, 0.3) is 5.91 Å². The Morgan fingerprint density at radius 1 is 1.10 bits per heavy atom. The smallest absolute Gasteiger partial charge is 0.404 e. The second-order valence-corrected chi connectivity index (χ2v) is 11.5. The second-order valence-electron chi connectivity index (χ2n) is 11.5. The van der Waals surface area contributed by atoms with E-state index in [9.17, 15) is 14.7 Å². The minimum absolute atomic E-state index is 0.102. The minimum Gasteiger partial charge on any atom is -0.465 e. The first-order valence-corrected chi connectivity index (χ1v) is 14.8. The van der Waals surface area contributed by atoms with Crippen molar-refractivity contribution in [2.75, 3.05) is 26.7 Å². The number of carbonyl (C=O) groups excluding carboxylic acids is 1. The summed E-state index contributed by atoms with van der Waals surface area (Å²) in [4.78, 5) is 26.4. The number of benzene rings is 3. The summed E-state index contributed by atoms with van der Waals surface area (Å²) >= 11 is 0. The van der Waals surface area contributed by atoms with E-state index in [4.69, 9.17) is 5.11 Å². The Bertz CT molecular complexity index is 1380. The van der Waals surface area contributed by atoms with Gasteiger partial charge in [-0.3, -0.25) is 4.79 Å². The molecule has 8 heteroatoms. The van der Waals surface area contributed by atoms with Crippen LogP contribution in [0.4, 0.5) is 9.18 Å². The zero-order chi connectivity index (χ0) is 30.3. The average Bonchev–Trinajstić information content (AvgIpc) is 2.99. The molecule has 1 heterocycles. The summed E-state index contributed by atoms with van der Waals surface area (Å²) < 4.78 is 15.7. The highest BCUT2D eigenvalue weighted by atomic mass is 19.1. The molecule has 0 bridgehead atoms. The van der Waals surface area contributed by atoms with Gasteiger partial charge in [-0.25, -0.2) is 9.18 Å². The quantitative estimate of drug-likeness (QED) is 0.206. The number of piperidine rings is 1. The van der Waals surface area contributed by atoms with Gasteiger partial charge in [0.15, 0.2) is 0 Å². The van der Waals surface area contributed by atoms with Crippen molar-refractivity contribution >= 4 is 12.0 Å². The van der Waals surface area contributed by atoms with Crippen LogP contribution in [0.25, 0.3) is 11.1 Å². The van der Waals surface area contributed by atoms with E-state index in [0.29, 0.717) is 61.2 Å². The predicted molar refractivity (Wildman–Crippen MR) is 163 cm³/mol. The Morgan fingerprint density at radius 2 is 1.83 bits per heavy atom. The molecule has 0 radical (unpaired) electrons. The van der Waals surface area contributed by atoms with Crippen molar-refractivity contribution in [3.05, 3.63) is 94.8 Å². The number of carboxylic acid groups (broad SMARTS) is 1. The molecular formula is C34H42FN3O4. The first kappa shape index (κ1) is 31.2. The highest BCUT2D eigenvalue weighted by Gasteiger charge is 2.43. The van der Waals surface area contributed by atoms with Crippen molar-refractivity contribution in [2.45, 2.75) is 57.6 Å². The number of nitrogens with one attached hydrogen (secondary N) is 2. The lowest BCUT2D eigenvalue weighted by atomic mass is 9.72. The molecule has 0 spiro atoms. The molecule has 1 fully saturated rings. The molecule has 4 rings (SSSR count). The maximum Gasteiger partial charge on any atom is 0.404 e. The Kier molecular flexibility index (Phi) is 10.4. The third-order valence-electron chi connectivity index (χ3n) is 8.30. The highest BCUT2D eigenvalue weighted by molar-refractivity contribution is 5.94. The number of halogens is 1. The van der Waals surface area contributed by atoms with Crippen molar-refractivity contribution in [1.82, 2.24) is 15.5 Å². The fourth-order valence-electron chi connectivity index (χ4n) is 6.05. The van der Waals surface area contributed by atoms with Gasteiger partial charge in [0.2, 0.25) is 0 Å². The number of carbonyl (C=O) groups is 2. The Labute approximate surface area is 247 Å². The van der Waals surface area contributed by atoms with Crippen LogP contribution in [0.3, 0.4) is 0 Å². The summed E-state index contributed by atoms with van der Waals surface area (Å²) in [5.41, 5.74) is 2.72. The van der Waals surface area contributed by atoms with Crippen molar-refractivity contribution in [3.63, 3.8) is 0 Å². The molecule has 1 saturated heterocycles. The standard InChI is InChI=1S/C34H42FN3O4/c1-23(2)26-8-4-9-27(20-26)31-29(11-5-12-30(31)35)34(42,17-7-18-37-33(40)41)28-10-6-19-38(22-28)32(39)25-15-13-24(14-16-25)21-36-3/h4-5,8-9,11-16,20,23,28,36-37,42H,6-7,10,17-19,21-22H2,1-3H3,(H,40,41)/t28-,34+/m1/s1. The van der Waals surface area contributed by atoms with Crippen molar-refractivity contribution in [2.24, 2.45) is 5.92 Å². The van der Waals surface area contributed by atoms with Crippen LogP contribution >= 0.6 is 0 Å². The first-order valence-electron chi connectivity index (χ1n) is 14.8. The van der Waals surface area contributed by atoms with Crippen LogP contribution in [0, 0.1) is 11.7 Å². The summed E-state index contributed by atoms with van der Waals surface area (Å²) in [5.74, 6) is -0.667. The molecule has 0 unspecified atom stereocenters. The average molecular weight is 576 g/mol. The molecule has 0 aliphatic carbocycles. The van der Waals surface area contributed by atoms with E-state index in [1.54, 1.807) is 17.0 Å². The Balaban J connectivity index is 1.71. The lowest BCUT2D eigenvalue weighted by molar-refractivity contribution is -0.0564. The predicted octanol–water partition coefficient (Wildman–Crippen LogP) is 6.12. The molecule has 1 aliphatic rings. The topological polar surface area (TPSA) is 102 Å². The van der Waals surface area contributed by atoms with Crippen LogP contribution < -0.4 is 10.6 Å². The van der Waals surface area contributed by atoms with E-state index in [0.717, 1.165) is 11.1 Å². The number of rotatable bonds is 11. The van der Waals surface area contributed by atoms with E-state index < -0.39 is 17.5 Å². The van der Waals surface area contributed by atoms with Crippen LogP contribution in [0.15, 0.2) is 66.7 Å². The van der Waals surface area contributed by atoms with Crippen LogP contribution in [0.2, 0.25) is 0 Å². The van der Waals surface area contributed by atoms with Crippen LogP contribution in [0.5, 0.6) is 0 Å². The minimum atomic E-state index is -1.50. The van der Waals surface area contributed by atoms with E-state index in [1.807, 2.05) is 55.6 Å². The lowest BCUT2D eigenvalue weighted by Crippen LogP contribution is -2.48. The molecule has 2 amide bonds. The number of hydrogen-bond donors (Lipinski definition) is 4. The Hall–Kier alpha value is -3.75. The monoisotopic (exact) mass is 575 g/mol. The molecular weight excluding hydrogens is 533 g/mol. The summed E-state index contributed by atoms with van der Waals surface area (Å²) in [6.45, 7) is 5.89. The van der Waals surface area contributed by atoms with E-state index >= 15 is 4.39 Å². The summed E-state index contributed by atoms with van der Waals surface area (Å²) in [7, 11) is 1.87. The number of hydrogen-bond acceptors (Lipinski definition) is 4. The van der Waals surface area contributed by atoms with Gasteiger partial charge in [-0.2, -0.15) is 0 Å². The third kappa shape index (κ3) is 7.17. The summed E-state index contributed by atoms with van der Waals surface area (Å²) in [6, 6.07) is 20.0. The first-order chi connectivity index (χ1) is 20.1. The second kappa shape index (κ2) is 13.9. The van der Waals surface area contributed by atoms with E-state index in [2.05, 4.69) is 24.5 Å². The summed E-state index contributed by atoms with van der Waals surface area (Å²) in [6.07, 6.45) is 0.763. The maximum absolute atomic E-state index is 15.7. The van der Waals surface area contributed by atoms with Crippen LogP contribution in [-0.4, -0.2) is 53.8 Å². The van der Waals surface area contributed by atoms with Gasteiger partial charge in [0.1, 0.15) is 5.82 Å². The van der Waals surface area contributed by atoms with Crippen molar-refractivity contribution in [3.8, 4) is 11.1 Å². The lowest BCUT2D eigenvalue weighted by Gasteiger charge is -2.43. The maximum atomic E-state index is 15.7. The fraction of sp³-hybridized carbons (Fsp3) is 0.412. The van der Waals surface area contributed by atoms with Gasteiger partial charge in [-0.15, -0.1) is 0 Å². The number of nitrogens with zero attached hydrogens (tertiary/aromatic N) is 1. The SMILES string of the molecule is CNCc1ccc(C(=O)N2CCC[C@@H]([C@@](O)(CCCNC(=O)O)c3cccc(F)c3-c3cccc(C(C)C)c3)C2)cc1. The molecule has 3 aromatic carbocycles. The molecule has 42 heavy (non-hydrogen) atoms. The highest BCUT2D eigenvalue weighted by Crippen LogP contribution is 2.44. The summed E-state index contributed by atoms with van der Waals surface area (Å²) in [5, 5.41) is 27.2. The van der Waals surface area contributed by atoms with Gasteiger partial charge >= 0.3 is 6.09 Å². The van der Waals surface area contributed by atoms with Crippen molar-refractivity contribution < 1.29 is 24.2 Å². The van der Waals surface area contributed by atoms with E-state index in [1.165, 1.54) is 6.07 Å². The van der Waals surface area contributed by atoms with Gasteiger partial charge in [-0.05, 0) is 79.1 Å². The van der Waals surface area contributed by atoms with Gasteiger partial charge < -0.3 is 25.7 Å². The normalized spacial score (nSPS) is 16.7. The molecule has 0 saturated carbocycles. The zero-order valence-electron chi connectivity index (χ0n) is 24.7. The molecule has 7 nitrogen and oxygen atoms in total. The third-order valence-corrected chi connectivity index (χ3v) is 8.30. The fourth-order valence-corrected chi connectivity index (χ4v) is 6.05. The van der Waals surface area contributed by atoms with Gasteiger partial charge in [0.05, 0.1) is 5.60 Å². The van der Waals surface area contributed by atoms with Crippen molar-refractivity contribution in [1.29, 1.82) is 0 Å². The van der Waals surface area contributed by atoms with Crippen LogP contribution in [0.1, 0.15) is 72.5 Å². The van der Waals surface area contributed by atoms with E-state index in [-0.39, 0.29) is 30.7 Å². The molecule has 2 atom stereocenters.